The zero-order valence-corrected chi connectivity index (χ0v) is 14.6. The molecule has 3 nitrogen and oxygen atoms in total. The molecule has 0 amide bonds. The summed E-state index contributed by atoms with van der Waals surface area (Å²) < 4.78 is 11.2. The quantitative estimate of drug-likeness (QED) is 0.534. The van der Waals surface area contributed by atoms with Gasteiger partial charge in [-0.05, 0) is 52.4 Å². The normalized spacial score (nSPS) is 30.0. The highest BCUT2D eigenvalue weighted by molar-refractivity contribution is 5.69. The minimum absolute atomic E-state index is 0.00708. The Bertz CT molecular complexity index is 367. The molecule has 0 heterocycles. The van der Waals surface area contributed by atoms with E-state index in [-0.39, 0.29) is 23.1 Å². The van der Waals surface area contributed by atoms with E-state index >= 15 is 0 Å². The van der Waals surface area contributed by atoms with Crippen molar-refractivity contribution >= 4 is 5.97 Å². The molecule has 0 bridgehead atoms. The lowest BCUT2D eigenvalue weighted by atomic mass is 9.73. The van der Waals surface area contributed by atoms with Gasteiger partial charge in [0.25, 0.3) is 0 Å². The van der Waals surface area contributed by atoms with Gasteiger partial charge >= 0.3 is 5.97 Å². The fourth-order valence-corrected chi connectivity index (χ4v) is 3.32. The lowest BCUT2D eigenvalue weighted by Gasteiger charge is -2.39. The molecule has 3 heteroatoms. The Balaban J connectivity index is 2.89. The number of hydrogen-bond acceptors (Lipinski definition) is 3. The standard InChI is InChI=1S/C18H32O3/c1-7-8-9-12-18(5)14(13-16(19)20-6)10-11-15(18)21-17(2,3)4/h8-9,14-15H,7,10-13H2,1-6H3/b9-8-/t14-,15+,18+/m1/s1. The molecule has 0 aromatic rings. The summed E-state index contributed by atoms with van der Waals surface area (Å²) in [6, 6.07) is 0. The van der Waals surface area contributed by atoms with Crippen molar-refractivity contribution in [3.8, 4) is 0 Å². The second kappa shape index (κ2) is 7.44. The van der Waals surface area contributed by atoms with Gasteiger partial charge in [0.1, 0.15) is 0 Å². The molecule has 0 radical (unpaired) electrons. The highest BCUT2D eigenvalue weighted by Gasteiger charge is 2.48. The minimum Gasteiger partial charge on any atom is -0.469 e. The molecule has 0 N–H and O–H groups in total. The monoisotopic (exact) mass is 296 g/mol. The van der Waals surface area contributed by atoms with E-state index in [1.54, 1.807) is 0 Å². The maximum absolute atomic E-state index is 11.7. The number of esters is 1. The van der Waals surface area contributed by atoms with Crippen molar-refractivity contribution in [2.75, 3.05) is 7.11 Å². The molecular formula is C18H32O3. The van der Waals surface area contributed by atoms with Gasteiger partial charge in [0.2, 0.25) is 0 Å². The number of allylic oxidation sites excluding steroid dienone is 2. The first kappa shape index (κ1) is 18.2. The highest BCUT2D eigenvalue weighted by atomic mass is 16.5. The average Bonchev–Trinajstić information content (AvgIpc) is 2.66. The van der Waals surface area contributed by atoms with Gasteiger partial charge in [0, 0.05) is 11.8 Å². The van der Waals surface area contributed by atoms with Crippen LogP contribution >= 0.6 is 0 Å². The number of hydrogen-bond donors (Lipinski definition) is 0. The van der Waals surface area contributed by atoms with Crippen LogP contribution in [0.15, 0.2) is 12.2 Å². The lowest BCUT2D eigenvalue weighted by Crippen LogP contribution is -2.39. The Morgan fingerprint density at radius 1 is 1.29 bits per heavy atom. The van der Waals surface area contributed by atoms with Gasteiger partial charge in [-0.2, -0.15) is 0 Å². The van der Waals surface area contributed by atoms with E-state index in [0.717, 1.165) is 25.7 Å². The van der Waals surface area contributed by atoms with Crippen LogP contribution in [0.4, 0.5) is 0 Å². The first-order valence-electron chi connectivity index (χ1n) is 8.12. The maximum atomic E-state index is 11.7. The maximum Gasteiger partial charge on any atom is 0.305 e. The van der Waals surface area contributed by atoms with E-state index in [4.69, 9.17) is 9.47 Å². The molecule has 0 aliphatic heterocycles. The van der Waals surface area contributed by atoms with Crippen LogP contribution in [0, 0.1) is 11.3 Å². The molecule has 1 aliphatic rings. The number of carbonyl (C=O) groups excluding carboxylic acids is 1. The molecular weight excluding hydrogens is 264 g/mol. The van der Waals surface area contributed by atoms with Gasteiger partial charge in [0.15, 0.2) is 0 Å². The predicted octanol–water partition coefficient (Wildman–Crippen LogP) is 4.51. The Hall–Kier alpha value is -0.830. The smallest absolute Gasteiger partial charge is 0.305 e. The topological polar surface area (TPSA) is 35.5 Å². The molecule has 0 aromatic heterocycles. The summed E-state index contributed by atoms with van der Waals surface area (Å²) in [6.45, 7) is 10.7. The number of methoxy groups -OCH3 is 1. The fraction of sp³-hybridized carbons (Fsp3) is 0.833. The largest absolute Gasteiger partial charge is 0.469 e. The second-order valence-corrected chi connectivity index (χ2v) is 7.36. The van der Waals surface area contributed by atoms with Gasteiger partial charge in [-0.25, -0.2) is 0 Å². The molecule has 1 aliphatic carbocycles. The zero-order valence-electron chi connectivity index (χ0n) is 14.6. The van der Waals surface area contributed by atoms with Crippen LogP contribution in [-0.2, 0) is 14.3 Å². The van der Waals surface area contributed by atoms with Crippen molar-refractivity contribution in [1.82, 2.24) is 0 Å². The molecule has 122 valence electrons. The van der Waals surface area contributed by atoms with Crippen LogP contribution in [0.2, 0.25) is 0 Å². The SMILES string of the molecule is CC/C=C\C[C@@]1(C)[C@@H](CC(=O)OC)CC[C@@H]1OC(C)(C)C. The summed E-state index contributed by atoms with van der Waals surface area (Å²) in [5.74, 6) is 0.223. The fourth-order valence-electron chi connectivity index (χ4n) is 3.32. The highest BCUT2D eigenvalue weighted by Crippen LogP contribution is 2.50. The Morgan fingerprint density at radius 3 is 2.48 bits per heavy atom. The summed E-state index contributed by atoms with van der Waals surface area (Å²) in [5.41, 5.74) is -0.145. The van der Waals surface area contributed by atoms with Crippen molar-refractivity contribution in [1.29, 1.82) is 0 Å². The summed E-state index contributed by atoms with van der Waals surface area (Å²) in [5, 5.41) is 0. The Morgan fingerprint density at radius 2 is 1.95 bits per heavy atom. The zero-order chi connectivity index (χ0) is 16.1. The van der Waals surface area contributed by atoms with Crippen molar-refractivity contribution in [2.45, 2.75) is 78.4 Å². The predicted molar refractivity (Wildman–Crippen MR) is 86.1 cm³/mol. The van der Waals surface area contributed by atoms with Gasteiger partial charge < -0.3 is 9.47 Å². The van der Waals surface area contributed by atoms with Crippen LogP contribution in [0.3, 0.4) is 0 Å². The van der Waals surface area contributed by atoms with Crippen LogP contribution in [0.1, 0.15) is 66.7 Å². The molecule has 0 spiro atoms. The van der Waals surface area contributed by atoms with E-state index in [9.17, 15) is 4.79 Å². The molecule has 0 aromatic carbocycles. The van der Waals surface area contributed by atoms with Crippen molar-refractivity contribution in [3.63, 3.8) is 0 Å². The molecule has 1 rings (SSSR count). The first-order valence-corrected chi connectivity index (χ1v) is 8.12. The summed E-state index contributed by atoms with van der Waals surface area (Å²) in [4.78, 5) is 11.7. The van der Waals surface area contributed by atoms with Crippen LogP contribution in [0.25, 0.3) is 0 Å². The van der Waals surface area contributed by atoms with Crippen LogP contribution in [-0.4, -0.2) is 24.8 Å². The number of rotatable bonds is 6. The van der Waals surface area contributed by atoms with Crippen molar-refractivity contribution in [3.05, 3.63) is 12.2 Å². The van der Waals surface area contributed by atoms with E-state index in [2.05, 4.69) is 46.8 Å². The van der Waals surface area contributed by atoms with Crippen LogP contribution < -0.4 is 0 Å². The molecule has 0 saturated heterocycles. The Kier molecular flexibility index (Phi) is 6.45. The van der Waals surface area contributed by atoms with Crippen molar-refractivity contribution < 1.29 is 14.3 Å². The summed E-state index contributed by atoms with van der Waals surface area (Å²) in [7, 11) is 1.47. The summed E-state index contributed by atoms with van der Waals surface area (Å²) in [6.07, 6.45) is 9.21. The third kappa shape index (κ3) is 5.14. The van der Waals surface area contributed by atoms with Gasteiger partial charge in [-0.1, -0.05) is 26.0 Å². The third-order valence-electron chi connectivity index (χ3n) is 4.54. The van der Waals surface area contributed by atoms with E-state index in [1.165, 1.54) is 7.11 Å². The first-order chi connectivity index (χ1) is 9.73. The molecule has 21 heavy (non-hydrogen) atoms. The van der Waals surface area contributed by atoms with E-state index in [1.807, 2.05) is 0 Å². The Labute approximate surface area is 130 Å². The second-order valence-electron chi connectivity index (χ2n) is 7.36. The lowest BCUT2D eigenvalue weighted by molar-refractivity contribution is -0.144. The molecule has 0 unspecified atom stereocenters. The third-order valence-corrected chi connectivity index (χ3v) is 4.54. The molecule has 1 fully saturated rings. The van der Waals surface area contributed by atoms with Gasteiger partial charge in [-0.3, -0.25) is 4.79 Å². The molecule has 1 saturated carbocycles. The minimum atomic E-state index is -0.152. The number of carbonyl (C=O) groups is 1. The van der Waals surface area contributed by atoms with Gasteiger partial charge in [0.05, 0.1) is 18.8 Å². The molecule has 3 atom stereocenters. The van der Waals surface area contributed by atoms with Gasteiger partial charge in [-0.15, -0.1) is 0 Å². The summed E-state index contributed by atoms with van der Waals surface area (Å²) >= 11 is 0. The van der Waals surface area contributed by atoms with E-state index in [0.29, 0.717) is 12.3 Å². The average molecular weight is 296 g/mol. The number of ether oxygens (including phenoxy) is 2. The van der Waals surface area contributed by atoms with Crippen LogP contribution in [0.5, 0.6) is 0 Å². The van der Waals surface area contributed by atoms with Crippen molar-refractivity contribution in [2.24, 2.45) is 11.3 Å². The van der Waals surface area contributed by atoms with E-state index < -0.39 is 0 Å².